The normalized spacial score (nSPS) is 12.8. The number of nitrogens with two attached hydrogens (primary N) is 3. The second-order valence-corrected chi connectivity index (χ2v) is 3.75. The maximum absolute atomic E-state index is 10.0. The quantitative estimate of drug-likeness (QED) is 0.303. The van der Waals surface area contributed by atoms with Crippen molar-refractivity contribution in [3.05, 3.63) is 0 Å². The summed E-state index contributed by atoms with van der Waals surface area (Å²) in [5.41, 5.74) is 15.3. The predicted octanol–water partition coefficient (Wildman–Crippen LogP) is -1.60. The van der Waals surface area contributed by atoms with Crippen LogP contribution in [-0.4, -0.2) is 51.9 Å². The van der Waals surface area contributed by atoms with Crippen molar-refractivity contribution in [2.45, 2.75) is 37.8 Å². The first kappa shape index (κ1) is 19.6. The molecule has 0 spiro atoms. The molecule has 0 heterocycles. The highest BCUT2D eigenvalue weighted by molar-refractivity contribution is 5.74. The Labute approximate surface area is 110 Å². The van der Waals surface area contributed by atoms with E-state index in [1.807, 2.05) is 0 Å². The summed E-state index contributed by atoms with van der Waals surface area (Å²) in [6, 6.07) is -1.80. The summed E-state index contributed by atoms with van der Waals surface area (Å²) < 4.78 is 0. The molecule has 0 aliphatic heterocycles. The molecule has 0 aromatic heterocycles. The van der Waals surface area contributed by atoms with Gasteiger partial charge in [0.25, 0.3) is 0 Å². The number of rotatable bonds is 8. The Balaban J connectivity index is 0. The van der Waals surface area contributed by atoms with Crippen LogP contribution < -0.4 is 17.2 Å². The molecule has 0 aliphatic rings. The van der Waals surface area contributed by atoms with Crippen molar-refractivity contribution >= 4 is 17.9 Å². The van der Waals surface area contributed by atoms with E-state index in [4.69, 9.17) is 32.5 Å². The molecule has 0 saturated carbocycles. The Morgan fingerprint density at radius 1 is 0.895 bits per heavy atom. The number of aliphatic carboxylic acids is 3. The Morgan fingerprint density at radius 3 is 1.63 bits per heavy atom. The number of hydrogen-bond donors (Lipinski definition) is 6. The van der Waals surface area contributed by atoms with Crippen molar-refractivity contribution < 1.29 is 29.7 Å². The summed E-state index contributed by atoms with van der Waals surface area (Å²) >= 11 is 0. The van der Waals surface area contributed by atoms with Gasteiger partial charge in [0.1, 0.15) is 12.1 Å². The van der Waals surface area contributed by atoms with Crippen LogP contribution in [-0.2, 0) is 14.4 Å². The minimum Gasteiger partial charge on any atom is -0.481 e. The second kappa shape index (κ2) is 11.4. The van der Waals surface area contributed by atoms with Crippen LogP contribution >= 0.6 is 0 Å². The maximum atomic E-state index is 10.0. The third-order valence-corrected chi connectivity index (χ3v) is 2.02. The number of carboxylic acids is 3. The zero-order valence-electron chi connectivity index (χ0n) is 10.5. The van der Waals surface area contributed by atoms with Gasteiger partial charge in [-0.1, -0.05) is 0 Å². The lowest BCUT2D eigenvalue weighted by Gasteiger charge is -2.02. The Kier molecular flexibility index (Phi) is 11.8. The predicted molar refractivity (Wildman–Crippen MR) is 66.4 cm³/mol. The molecule has 9 heteroatoms. The molecule has 9 nitrogen and oxygen atoms in total. The molecule has 0 fully saturated rings. The van der Waals surface area contributed by atoms with Crippen LogP contribution in [0.25, 0.3) is 0 Å². The van der Waals surface area contributed by atoms with Gasteiger partial charge in [-0.25, -0.2) is 0 Å². The van der Waals surface area contributed by atoms with E-state index in [9.17, 15) is 14.4 Å². The van der Waals surface area contributed by atoms with Crippen LogP contribution in [0.3, 0.4) is 0 Å². The fraction of sp³-hybridized carbons (Fsp3) is 0.700. The van der Waals surface area contributed by atoms with Gasteiger partial charge in [-0.3, -0.25) is 14.4 Å². The standard InChI is InChI=1S/C5H12N2O2.C5H9NO4/c6-3-1-2-4(7)5(8)9;6-3(5(9)10)1-2-4(7)8/h4H,1-3,6-7H2,(H,8,9);3H,1-2,6H2,(H,7,8)(H,9,10)/t4-;/m1./s1. The van der Waals surface area contributed by atoms with Crippen molar-refractivity contribution in [1.29, 1.82) is 0 Å². The second-order valence-electron chi connectivity index (χ2n) is 3.75. The number of carbonyl (C=O) groups is 3. The van der Waals surface area contributed by atoms with E-state index in [2.05, 4.69) is 0 Å². The van der Waals surface area contributed by atoms with E-state index in [1.54, 1.807) is 0 Å². The Morgan fingerprint density at radius 2 is 1.32 bits per heavy atom. The zero-order chi connectivity index (χ0) is 15.4. The van der Waals surface area contributed by atoms with Gasteiger partial charge in [-0.2, -0.15) is 0 Å². The minimum atomic E-state index is -1.17. The van der Waals surface area contributed by atoms with E-state index < -0.39 is 30.0 Å². The molecule has 9 N–H and O–H groups in total. The lowest BCUT2D eigenvalue weighted by molar-refractivity contribution is -0.140. The summed E-state index contributed by atoms with van der Waals surface area (Å²) in [4.78, 5) is 29.9. The SMILES string of the molecule is NC(CCC(=O)O)C(=O)O.NCCC[C@@H](N)C(=O)O. The molecule has 0 bridgehead atoms. The third-order valence-electron chi connectivity index (χ3n) is 2.02. The smallest absolute Gasteiger partial charge is 0.320 e. The van der Waals surface area contributed by atoms with Crippen LogP contribution in [0.15, 0.2) is 0 Å². The molecule has 2 atom stereocenters. The van der Waals surface area contributed by atoms with Crippen LogP contribution in [0.5, 0.6) is 0 Å². The van der Waals surface area contributed by atoms with Gasteiger partial charge >= 0.3 is 17.9 Å². The van der Waals surface area contributed by atoms with E-state index >= 15 is 0 Å². The summed E-state index contributed by atoms with van der Waals surface area (Å²) in [5.74, 6) is -3.15. The van der Waals surface area contributed by atoms with Gasteiger partial charge < -0.3 is 32.5 Å². The van der Waals surface area contributed by atoms with Gasteiger partial charge in [0.15, 0.2) is 0 Å². The highest BCUT2D eigenvalue weighted by Gasteiger charge is 2.12. The first-order valence-corrected chi connectivity index (χ1v) is 5.61. The number of hydrogen-bond acceptors (Lipinski definition) is 6. The largest absolute Gasteiger partial charge is 0.481 e. The van der Waals surface area contributed by atoms with Gasteiger partial charge in [0.05, 0.1) is 0 Å². The van der Waals surface area contributed by atoms with Crippen molar-refractivity contribution in [3.8, 4) is 0 Å². The van der Waals surface area contributed by atoms with Crippen LogP contribution in [0, 0.1) is 0 Å². The maximum Gasteiger partial charge on any atom is 0.320 e. The number of carboxylic acid groups (broad SMARTS) is 3. The highest BCUT2D eigenvalue weighted by atomic mass is 16.4. The molecule has 0 saturated heterocycles. The van der Waals surface area contributed by atoms with Crippen LogP contribution in [0.1, 0.15) is 25.7 Å². The summed E-state index contributed by atoms with van der Waals surface area (Å²) in [6.45, 7) is 0.501. The Hall–Kier alpha value is -1.71. The lowest BCUT2D eigenvalue weighted by Crippen LogP contribution is -2.30. The van der Waals surface area contributed by atoms with Crippen molar-refractivity contribution in [2.75, 3.05) is 6.54 Å². The van der Waals surface area contributed by atoms with Gasteiger partial charge in [-0.05, 0) is 25.8 Å². The summed E-state index contributed by atoms with van der Waals surface area (Å²) in [7, 11) is 0. The zero-order valence-corrected chi connectivity index (χ0v) is 10.5. The average molecular weight is 279 g/mol. The van der Waals surface area contributed by atoms with Crippen molar-refractivity contribution in [1.82, 2.24) is 0 Å². The van der Waals surface area contributed by atoms with Gasteiger partial charge in [0, 0.05) is 6.42 Å². The molecule has 0 aliphatic carbocycles. The van der Waals surface area contributed by atoms with E-state index in [1.165, 1.54) is 0 Å². The fourth-order valence-electron chi connectivity index (χ4n) is 0.864. The van der Waals surface area contributed by atoms with Gasteiger partial charge in [-0.15, -0.1) is 0 Å². The molecule has 112 valence electrons. The molecule has 19 heavy (non-hydrogen) atoms. The van der Waals surface area contributed by atoms with Crippen molar-refractivity contribution in [2.24, 2.45) is 17.2 Å². The molecule has 0 amide bonds. The molecule has 0 rings (SSSR count). The average Bonchev–Trinajstić information content (AvgIpc) is 2.33. The molecule has 0 aromatic rings. The first-order valence-electron chi connectivity index (χ1n) is 5.61. The molecular formula is C10H21N3O6. The summed E-state index contributed by atoms with van der Waals surface area (Å²) in [5, 5.41) is 24.5. The Bertz CT molecular complexity index is 297. The van der Waals surface area contributed by atoms with Crippen molar-refractivity contribution in [3.63, 3.8) is 0 Å². The third kappa shape index (κ3) is 14.2. The minimum absolute atomic E-state index is 0.0231. The monoisotopic (exact) mass is 279 g/mol. The van der Waals surface area contributed by atoms with Crippen LogP contribution in [0.4, 0.5) is 0 Å². The summed E-state index contributed by atoms with van der Waals surface area (Å²) in [6.07, 6.45) is 0.914. The van der Waals surface area contributed by atoms with E-state index in [-0.39, 0.29) is 12.8 Å². The fourth-order valence-corrected chi connectivity index (χ4v) is 0.864. The van der Waals surface area contributed by atoms with Crippen LogP contribution in [0.2, 0.25) is 0 Å². The van der Waals surface area contributed by atoms with Gasteiger partial charge in [0.2, 0.25) is 0 Å². The molecule has 0 radical (unpaired) electrons. The lowest BCUT2D eigenvalue weighted by atomic mass is 10.2. The first-order chi connectivity index (χ1) is 8.72. The highest BCUT2D eigenvalue weighted by Crippen LogP contribution is 1.93. The molecule has 1 unspecified atom stereocenters. The molecular weight excluding hydrogens is 258 g/mol. The molecule has 0 aromatic carbocycles. The van der Waals surface area contributed by atoms with E-state index in [0.29, 0.717) is 19.4 Å². The topological polar surface area (TPSA) is 190 Å². The van der Waals surface area contributed by atoms with E-state index in [0.717, 1.165) is 0 Å².